The molecule has 0 spiro atoms. The van der Waals surface area contributed by atoms with E-state index >= 15 is 0 Å². The number of carbonyl (C=O) groups excluding carboxylic acids is 1. The Hall–Kier alpha value is -1.53. The zero-order chi connectivity index (χ0) is 16.9. The Morgan fingerprint density at radius 1 is 1.32 bits per heavy atom. The highest BCUT2D eigenvalue weighted by molar-refractivity contribution is 5.78. The highest BCUT2D eigenvalue weighted by Gasteiger charge is 2.22. The standard InChI is InChI=1S/C16H24F2N2O2/c1-5-20(10-14(22)19-16(2,3)4)9-13(21)15-11(17)7-6-8-12(15)18/h6-8,13,21H,5,9-10H2,1-4H3,(H,19,22). The van der Waals surface area contributed by atoms with Crippen LogP contribution >= 0.6 is 0 Å². The molecule has 0 saturated heterocycles. The van der Waals surface area contributed by atoms with Crippen LogP contribution in [-0.4, -0.2) is 41.1 Å². The Morgan fingerprint density at radius 3 is 2.32 bits per heavy atom. The lowest BCUT2D eigenvalue weighted by molar-refractivity contribution is -0.123. The first-order chi connectivity index (χ1) is 10.1. The van der Waals surface area contributed by atoms with Gasteiger partial charge in [-0.2, -0.15) is 0 Å². The van der Waals surface area contributed by atoms with E-state index in [1.165, 1.54) is 6.07 Å². The van der Waals surface area contributed by atoms with Gasteiger partial charge in [0.1, 0.15) is 11.6 Å². The third kappa shape index (κ3) is 5.69. The molecule has 0 heterocycles. The van der Waals surface area contributed by atoms with Crippen molar-refractivity contribution in [2.75, 3.05) is 19.6 Å². The highest BCUT2D eigenvalue weighted by atomic mass is 19.1. The van der Waals surface area contributed by atoms with E-state index in [9.17, 15) is 18.7 Å². The first kappa shape index (κ1) is 18.5. The smallest absolute Gasteiger partial charge is 0.234 e. The number of nitrogens with zero attached hydrogens (tertiary/aromatic N) is 1. The summed E-state index contributed by atoms with van der Waals surface area (Å²) in [6.45, 7) is 7.92. The summed E-state index contributed by atoms with van der Waals surface area (Å²) in [4.78, 5) is 13.5. The molecule has 1 atom stereocenters. The number of aliphatic hydroxyl groups is 1. The molecule has 0 saturated carbocycles. The third-order valence-electron chi connectivity index (χ3n) is 3.09. The molecule has 0 bridgehead atoms. The lowest BCUT2D eigenvalue weighted by atomic mass is 10.1. The van der Waals surface area contributed by atoms with E-state index in [1.54, 1.807) is 4.90 Å². The van der Waals surface area contributed by atoms with E-state index < -0.39 is 17.7 Å². The number of benzene rings is 1. The molecule has 0 aliphatic heterocycles. The molecular formula is C16H24F2N2O2. The van der Waals surface area contributed by atoms with Gasteiger partial charge in [-0.25, -0.2) is 8.78 Å². The van der Waals surface area contributed by atoms with Gasteiger partial charge in [-0.15, -0.1) is 0 Å². The summed E-state index contributed by atoms with van der Waals surface area (Å²) in [6, 6.07) is 3.45. The van der Waals surface area contributed by atoms with Gasteiger partial charge in [0.15, 0.2) is 0 Å². The van der Waals surface area contributed by atoms with Crippen molar-refractivity contribution >= 4 is 5.91 Å². The third-order valence-corrected chi connectivity index (χ3v) is 3.09. The van der Waals surface area contributed by atoms with E-state index in [0.717, 1.165) is 12.1 Å². The summed E-state index contributed by atoms with van der Waals surface area (Å²) in [5.41, 5.74) is -0.718. The predicted octanol–water partition coefficient (Wildman–Crippen LogP) is 2.23. The second-order valence-corrected chi connectivity index (χ2v) is 6.28. The molecule has 1 unspecified atom stereocenters. The second-order valence-electron chi connectivity index (χ2n) is 6.28. The molecule has 4 nitrogen and oxygen atoms in total. The first-order valence-corrected chi connectivity index (χ1v) is 7.29. The molecule has 0 fully saturated rings. The molecule has 0 aromatic heterocycles. The minimum atomic E-state index is -1.33. The number of likely N-dealkylation sites (N-methyl/N-ethyl adjacent to an activating group) is 1. The van der Waals surface area contributed by atoms with Crippen molar-refractivity contribution in [1.82, 2.24) is 10.2 Å². The van der Waals surface area contributed by atoms with E-state index in [0.29, 0.717) is 6.54 Å². The summed E-state index contributed by atoms with van der Waals surface area (Å²) in [7, 11) is 0. The van der Waals surface area contributed by atoms with Gasteiger partial charge in [0.2, 0.25) is 5.91 Å². The molecule has 1 aromatic rings. The van der Waals surface area contributed by atoms with Crippen LogP contribution in [0.15, 0.2) is 18.2 Å². The fourth-order valence-corrected chi connectivity index (χ4v) is 2.13. The summed E-state index contributed by atoms with van der Waals surface area (Å²) >= 11 is 0. The average molecular weight is 314 g/mol. The van der Waals surface area contributed by atoms with Crippen LogP contribution in [0, 0.1) is 11.6 Å². The van der Waals surface area contributed by atoms with Crippen molar-refractivity contribution in [3.8, 4) is 0 Å². The van der Waals surface area contributed by atoms with Crippen LogP contribution in [-0.2, 0) is 4.79 Å². The Morgan fingerprint density at radius 2 is 1.86 bits per heavy atom. The van der Waals surface area contributed by atoms with E-state index in [4.69, 9.17) is 0 Å². The van der Waals surface area contributed by atoms with Gasteiger partial charge in [0.25, 0.3) is 0 Å². The van der Waals surface area contributed by atoms with E-state index in [2.05, 4.69) is 5.32 Å². The zero-order valence-corrected chi connectivity index (χ0v) is 13.5. The Balaban J connectivity index is 2.72. The minimum Gasteiger partial charge on any atom is -0.387 e. The lowest BCUT2D eigenvalue weighted by Crippen LogP contribution is -2.46. The van der Waals surface area contributed by atoms with Crippen molar-refractivity contribution in [2.24, 2.45) is 0 Å². The number of aliphatic hydroxyl groups excluding tert-OH is 1. The topological polar surface area (TPSA) is 52.6 Å². The first-order valence-electron chi connectivity index (χ1n) is 7.29. The normalized spacial score (nSPS) is 13.3. The summed E-state index contributed by atoms with van der Waals surface area (Å²) < 4.78 is 27.3. The molecular weight excluding hydrogens is 290 g/mol. The van der Waals surface area contributed by atoms with Crippen LogP contribution in [0.2, 0.25) is 0 Å². The predicted molar refractivity (Wildman–Crippen MR) is 81.3 cm³/mol. The van der Waals surface area contributed by atoms with Crippen molar-refractivity contribution in [1.29, 1.82) is 0 Å². The number of amides is 1. The monoisotopic (exact) mass is 314 g/mol. The second kappa shape index (κ2) is 7.65. The quantitative estimate of drug-likeness (QED) is 0.847. The van der Waals surface area contributed by atoms with Crippen LogP contribution in [0.1, 0.15) is 39.4 Å². The SMILES string of the molecule is CCN(CC(=O)NC(C)(C)C)CC(O)c1c(F)cccc1F. The molecule has 1 amide bonds. The van der Waals surface area contributed by atoms with Crippen LogP contribution in [0.3, 0.4) is 0 Å². The van der Waals surface area contributed by atoms with Gasteiger partial charge < -0.3 is 10.4 Å². The fraction of sp³-hybridized carbons (Fsp3) is 0.562. The zero-order valence-electron chi connectivity index (χ0n) is 13.5. The average Bonchev–Trinajstić information content (AvgIpc) is 2.35. The largest absolute Gasteiger partial charge is 0.387 e. The Labute approximate surface area is 130 Å². The van der Waals surface area contributed by atoms with Crippen LogP contribution in [0.25, 0.3) is 0 Å². The van der Waals surface area contributed by atoms with Crippen LogP contribution < -0.4 is 5.32 Å². The van der Waals surface area contributed by atoms with E-state index in [1.807, 2.05) is 27.7 Å². The number of rotatable bonds is 6. The fourth-order valence-electron chi connectivity index (χ4n) is 2.13. The van der Waals surface area contributed by atoms with Crippen molar-refractivity contribution < 1.29 is 18.7 Å². The maximum absolute atomic E-state index is 13.6. The number of halogens is 2. The van der Waals surface area contributed by atoms with Gasteiger partial charge in [0.05, 0.1) is 18.2 Å². The highest BCUT2D eigenvalue weighted by Crippen LogP contribution is 2.21. The molecule has 1 aromatic carbocycles. The molecule has 2 N–H and O–H groups in total. The Bertz CT molecular complexity index is 495. The number of hydrogen-bond donors (Lipinski definition) is 2. The van der Waals surface area contributed by atoms with Gasteiger partial charge in [0, 0.05) is 12.1 Å². The maximum Gasteiger partial charge on any atom is 0.234 e. The molecule has 0 radical (unpaired) electrons. The van der Waals surface area contributed by atoms with E-state index in [-0.39, 0.29) is 30.1 Å². The molecule has 124 valence electrons. The van der Waals surface area contributed by atoms with Crippen LogP contribution in [0.5, 0.6) is 0 Å². The Kier molecular flexibility index (Phi) is 6.44. The maximum atomic E-state index is 13.6. The molecule has 0 aliphatic carbocycles. The van der Waals surface area contributed by atoms with Gasteiger partial charge >= 0.3 is 0 Å². The molecule has 0 aliphatic rings. The van der Waals surface area contributed by atoms with Gasteiger partial charge in [-0.3, -0.25) is 9.69 Å². The summed E-state index contributed by atoms with van der Waals surface area (Å²) in [6.07, 6.45) is -1.33. The molecule has 6 heteroatoms. The molecule has 1 rings (SSSR count). The van der Waals surface area contributed by atoms with Crippen molar-refractivity contribution in [3.05, 3.63) is 35.4 Å². The number of hydrogen-bond acceptors (Lipinski definition) is 3. The van der Waals surface area contributed by atoms with Gasteiger partial charge in [-0.1, -0.05) is 13.0 Å². The lowest BCUT2D eigenvalue weighted by Gasteiger charge is -2.26. The van der Waals surface area contributed by atoms with Crippen molar-refractivity contribution in [2.45, 2.75) is 39.3 Å². The minimum absolute atomic E-state index is 0.0219. The summed E-state index contributed by atoms with van der Waals surface area (Å²) in [5.74, 6) is -1.78. The number of carbonyl (C=O) groups is 1. The summed E-state index contributed by atoms with van der Waals surface area (Å²) in [5, 5.41) is 12.9. The molecule has 22 heavy (non-hydrogen) atoms. The van der Waals surface area contributed by atoms with Gasteiger partial charge in [-0.05, 0) is 39.4 Å². The number of nitrogens with one attached hydrogen (secondary N) is 1. The van der Waals surface area contributed by atoms with Crippen LogP contribution in [0.4, 0.5) is 8.78 Å². The van der Waals surface area contributed by atoms with Crippen molar-refractivity contribution in [3.63, 3.8) is 0 Å².